The molecule has 0 spiro atoms. The molecule has 0 bridgehead atoms. The topological polar surface area (TPSA) is 29.1 Å². The van der Waals surface area contributed by atoms with E-state index < -0.39 is 0 Å². The van der Waals surface area contributed by atoms with E-state index in [1.54, 1.807) is 17.8 Å². The summed E-state index contributed by atoms with van der Waals surface area (Å²) in [6.45, 7) is 0.819. The van der Waals surface area contributed by atoms with E-state index >= 15 is 0 Å². The molecular weight excluding hydrogens is 317 g/mol. The van der Waals surface area contributed by atoms with Crippen molar-refractivity contribution in [2.24, 2.45) is 5.92 Å². The van der Waals surface area contributed by atoms with Gasteiger partial charge in [0, 0.05) is 16.8 Å². The zero-order valence-electron chi connectivity index (χ0n) is 9.92. The maximum Gasteiger partial charge on any atom is 0.230 e. The van der Waals surface area contributed by atoms with Gasteiger partial charge in [-0.3, -0.25) is 4.79 Å². The highest BCUT2D eigenvalue weighted by Crippen LogP contribution is 2.27. The number of hydrogen-bond acceptors (Lipinski definition) is 2. The molecule has 98 valence electrons. The molecule has 0 radical (unpaired) electrons. The molecule has 0 saturated heterocycles. The molecule has 1 aliphatic carbocycles. The molecule has 1 fully saturated rings. The van der Waals surface area contributed by atoms with Crippen LogP contribution in [0.4, 0.5) is 4.39 Å². The SMILES string of the molecule is O=C(CSCc1ccc(F)cc1Br)NCC1CC1. The van der Waals surface area contributed by atoms with Gasteiger partial charge in [-0.05, 0) is 36.5 Å². The number of carbonyl (C=O) groups is 1. The summed E-state index contributed by atoms with van der Waals surface area (Å²) in [7, 11) is 0. The van der Waals surface area contributed by atoms with Crippen molar-refractivity contribution in [3.8, 4) is 0 Å². The summed E-state index contributed by atoms with van der Waals surface area (Å²) in [5, 5.41) is 2.92. The number of nitrogens with one attached hydrogen (secondary N) is 1. The van der Waals surface area contributed by atoms with Crippen LogP contribution in [-0.4, -0.2) is 18.2 Å². The van der Waals surface area contributed by atoms with E-state index in [4.69, 9.17) is 0 Å². The van der Waals surface area contributed by atoms with Crippen LogP contribution in [-0.2, 0) is 10.5 Å². The molecule has 0 heterocycles. The van der Waals surface area contributed by atoms with Crippen molar-refractivity contribution in [1.82, 2.24) is 5.32 Å². The molecular formula is C13H15BrFNOS. The quantitative estimate of drug-likeness (QED) is 0.866. The van der Waals surface area contributed by atoms with Gasteiger partial charge in [0.1, 0.15) is 5.82 Å². The largest absolute Gasteiger partial charge is 0.355 e. The number of amides is 1. The number of hydrogen-bond donors (Lipinski definition) is 1. The summed E-state index contributed by atoms with van der Waals surface area (Å²) < 4.78 is 13.6. The van der Waals surface area contributed by atoms with Gasteiger partial charge in [0.05, 0.1) is 5.75 Å². The summed E-state index contributed by atoms with van der Waals surface area (Å²) in [4.78, 5) is 11.5. The molecule has 1 amide bonds. The maximum atomic E-state index is 12.9. The van der Waals surface area contributed by atoms with Gasteiger partial charge in [-0.25, -0.2) is 4.39 Å². The third kappa shape index (κ3) is 4.61. The molecule has 0 unspecified atom stereocenters. The summed E-state index contributed by atoms with van der Waals surface area (Å²) in [6, 6.07) is 4.63. The fourth-order valence-corrected chi connectivity index (χ4v) is 3.06. The number of halogens is 2. The zero-order chi connectivity index (χ0) is 13.0. The Morgan fingerprint density at radius 2 is 2.28 bits per heavy atom. The molecule has 1 aromatic carbocycles. The molecule has 5 heteroatoms. The molecule has 1 aliphatic rings. The minimum Gasteiger partial charge on any atom is -0.355 e. The number of rotatable bonds is 6. The van der Waals surface area contributed by atoms with Crippen LogP contribution >= 0.6 is 27.7 Å². The number of benzene rings is 1. The van der Waals surface area contributed by atoms with Gasteiger partial charge in [0.2, 0.25) is 5.91 Å². The Hall–Kier alpha value is -0.550. The highest BCUT2D eigenvalue weighted by atomic mass is 79.9. The minimum atomic E-state index is -0.252. The van der Waals surface area contributed by atoms with Crippen LogP contribution in [0.2, 0.25) is 0 Å². The molecule has 0 atom stereocenters. The molecule has 0 aromatic heterocycles. The van der Waals surface area contributed by atoms with Crippen molar-refractivity contribution in [3.05, 3.63) is 34.1 Å². The highest BCUT2D eigenvalue weighted by molar-refractivity contribution is 9.10. The molecule has 0 aliphatic heterocycles. The van der Waals surface area contributed by atoms with Crippen molar-refractivity contribution < 1.29 is 9.18 Å². The van der Waals surface area contributed by atoms with Crippen molar-refractivity contribution in [1.29, 1.82) is 0 Å². The Morgan fingerprint density at radius 3 is 2.94 bits per heavy atom. The third-order valence-corrected chi connectivity index (χ3v) is 4.51. The van der Waals surface area contributed by atoms with Crippen LogP contribution in [0.25, 0.3) is 0 Å². The Morgan fingerprint density at radius 1 is 1.50 bits per heavy atom. The molecule has 1 saturated carbocycles. The third-order valence-electron chi connectivity index (χ3n) is 2.79. The van der Waals surface area contributed by atoms with Gasteiger partial charge in [0.15, 0.2) is 0 Å². The van der Waals surface area contributed by atoms with E-state index in [1.807, 2.05) is 0 Å². The Labute approximate surface area is 119 Å². The van der Waals surface area contributed by atoms with E-state index in [-0.39, 0.29) is 11.7 Å². The summed E-state index contributed by atoms with van der Waals surface area (Å²) >= 11 is 4.86. The first-order valence-corrected chi connectivity index (χ1v) is 7.88. The van der Waals surface area contributed by atoms with E-state index in [0.29, 0.717) is 17.4 Å². The lowest BCUT2D eigenvalue weighted by molar-refractivity contribution is -0.118. The van der Waals surface area contributed by atoms with Crippen LogP contribution in [0.3, 0.4) is 0 Å². The molecule has 18 heavy (non-hydrogen) atoms. The summed E-state index contributed by atoms with van der Waals surface area (Å²) in [5.74, 6) is 1.71. The molecule has 1 aromatic rings. The van der Waals surface area contributed by atoms with E-state index in [9.17, 15) is 9.18 Å². The van der Waals surface area contributed by atoms with Gasteiger partial charge in [-0.15, -0.1) is 11.8 Å². The normalized spacial score (nSPS) is 14.6. The second-order valence-electron chi connectivity index (χ2n) is 4.48. The first-order chi connectivity index (χ1) is 8.65. The van der Waals surface area contributed by atoms with Gasteiger partial charge in [0.25, 0.3) is 0 Å². The Bertz CT molecular complexity index is 437. The fraction of sp³-hybridized carbons (Fsp3) is 0.462. The number of carbonyl (C=O) groups excluding carboxylic acids is 1. The van der Waals surface area contributed by atoms with E-state index in [0.717, 1.165) is 16.6 Å². The Balaban J connectivity index is 1.68. The van der Waals surface area contributed by atoms with E-state index in [2.05, 4.69) is 21.2 Å². The lowest BCUT2D eigenvalue weighted by atomic mass is 10.2. The van der Waals surface area contributed by atoms with Crippen LogP contribution < -0.4 is 5.32 Å². The van der Waals surface area contributed by atoms with Crippen LogP contribution in [0.1, 0.15) is 18.4 Å². The van der Waals surface area contributed by atoms with Crippen LogP contribution in [0.5, 0.6) is 0 Å². The van der Waals surface area contributed by atoms with Crippen molar-refractivity contribution in [3.63, 3.8) is 0 Å². The minimum absolute atomic E-state index is 0.0881. The van der Waals surface area contributed by atoms with E-state index in [1.165, 1.54) is 25.0 Å². The fourth-order valence-electron chi connectivity index (χ4n) is 1.52. The van der Waals surface area contributed by atoms with Gasteiger partial charge >= 0.3 is 0 Å². The lowest BCUT2D eigenvalue weighted by Crippen LogP contribution is -2.27. The van der Waals surface area contributed by atoms with Crippen LogP contribution in [0.15, 0.2) is 22.7 Å². The predicted octanol–water partition coefficient (Wildman–Crippen LogP) is 3.35. The first-order valence-electron chi connectivity index (χ1n) is 5.93. The smallest absolute Gasteiger partial charge is 0.230 e. The average Bonchev–Trinajstić information content (AvgIpc) is 3.13. The van der Waals surface area contributed by atoms with Gasteiger partial charge in [-0.1, -0.05) is 22.0 Å². The van der Waals surface area contributed by atoms with Crippen molar-refractivity contribution >= 4 is 33.6 Å². The van der Waals surface area contributed by atoms with Crippen LogP contribution in [0, 0.1) is 11.7 Å². The Kier molecular flexibility index (Phi) is 5.06. The highest BCUT2D eigenvalue weighted by Gasteiger charge is 2.21. The second-order valence-corrected chi connectivity index (χ2v) is 6.32. The summed E-state index contributed by atoms with van der Waals surface area (Å²) in [6.07, 6.45) is 2.49. The number of thioether (sulfide) groups is 1. The first kappa shape index (κ1) is 13.9. The van der Waals surface area contributed by atoms with Gasteiger partial charge in [-0.2, -0.15) is 0 Å². The average molecular weight is 332 g/mol. The standard InChI is InChI=1S/C13H15BrFNOS/c14-12-5-11(15)4-3-10(12)7-18-8-13(17)16-6-9-1-2-9/h3-5,9H,1-2,6-8H2,(H,16,17). The molecule has 2 nitrogen and oxygen atoms in total. The zero-order valence-corrected chi connectivity index (χ0v) is 12.3. The van der Waals surface area contributed by atoms with Crippen molar-refractivity contribution in [2.75, 3.05) is 12.3 Å². The molecule has 1 N–H and O–H groups in total. The predicted molar refractivity (Wildman–Crippen MR) is 76.0 cm³/mol. The summed E-state index contributed by atoms with van der Waals surface area (Å²) in [5.41, 5.74) is 1.01. The maximum absolute atomic E-state index is 12.9. The van der Waals surface area contributed by atoms with Crippen molar-refractivity contribution in [2.45, 2.75) is 18.6 Å². The molecule has 2 rings (SSSR count). The lowest BCUT2D eigenvalue weighted by Gasteiger charge is -2.06. The monoisotopic (exact) mass is 331 g/mol. The van der Waals surface area contributed by atoms with Gasteiger partial charge < -0.3 is 5.32 Å². The second kappa shape index (κ2) is 6.57.